The number of aliphatic hydroxyl groups excluding tert-OH is 1. The van der Waals surface area contributed by atoms with Crippen molar-refractivity contribution in [3.63, 3.8) is 0 Å². The van der Waals surface area contributed by atoms with Gasteiger partial charge in [0.15, 0.2) is 0 Å². The van der Waals surface area contributed by atoms with Crippen LogP contribution in [0.5, 0.6) is 0 Å². The van der Waals surface area contributed by atoms with Gasteiger partial charge in [0.05, 0.1) is 12.1 Å². The topological polar surface area (TPSA) is 223 Å². The van der Waals surface area contributed by atoms with Gasteiger partial charge in [-0.3, -0.25) is 14.4 Å². The molecule has 0 bridgehead atoms. The van der Waals surface area contributed by atoms with Crippen molar-refractivity contribution in [3.8, 4) is 0 Å². The number of nitrogens with two attached hydrogens (primary N) is 3. The van der Waals surface area contributed by atoms with E-state index in [1.807, 2.05) is 6.26 Å². The highest BCUT2D eigenvalue weighted by molar-refractivity contribution is 7.98. The first-order valence-electron chi connectivity index (χ1n) is 11.6. The Kier molecular flexibility index (Phi) is 17.4. The predicted molar refractivity (Wildman–Crippen MR) is 132 cm³/mol. The number of rotatable bonds is 19. The molecule has 0 saturated heterocycles. The summed E-state index contributed by atoms with van der Waals surface area (Å²) in [6, 6.07) is -4.39. The van der Waals surface area contributed by atoms with Crippen LogP contribution in [0, 0.1) is 0 Å². The summed E-state index contributed by atoms with van der Waals surface area (Å²) in [5.74, 6) is -2.57. The minimum absolute atomic E-state index is 0.157. The van der Waals surface area contributed by atoms with Crippen molar-refractivity contribution < 1.29 is 29.4 Å². The number of thioether (sulfide) groups is 1. The number of carbonyl (C=O) groups is 4. The zero-order valence-corrected chi connectivity index (χ0v) is 20.9. The van der Waals surface area contributed by atoms with E-state index in [1.165, 1.54) is 6.92 Å². The Hall–Kier alpha value is -1.93. The van der Waals surface area contributed by atoms with Crippen LogP contribution < -0.4 is 33.2 Å². The minimum atomic E-state index is -1.41. The second-order valence-corrected chi connectivity index (χ2v) is 9.13. The molecule has 0 aliphatic carbocycles. The normalized spacial score (nSPS) is 15.5. The molecule has 11 N–H and O–H groups in total. The van der Waals surface area contributed by atoms with Gasteiger partial charge in [0.25, 0.3) is 0 Å². The van der Waals surface area contributed by atoms with Gasteiger partial charge in [0.2, 0.25) is 17.7 Å². The lowest BCUT2D eigenvalue weighted by Gasteiger charge is -2.26. The fourth-order valence-electron chi connectivity index (χ4n) is 3.09. The average Bonchev–Trinajstić information content (AvgIpc) is 2.78. The zero-order valence-electron chi connectivity index (χ0n) is 20.1. The summed E-state index contributed by atoms with van der Waals surface area (Å²) in [5, 5.41) is 26.9. The van der Waals surface area contributed by atoms with Crippen molar-refractivity contribution in [1.82, 2.24) is 16.0 Å². The molecule has 5 atom stereocenters. The molecule has 5 unspecified atom stereocenters. The lowest BCUT2D eigenvalue weighted by molar-refractivity contribution is -0.143. The first kappa shape index (κ1) is 32.1. The predicted octanol–water partition coefficient (Wildman–Crippen LogP) is -1.76. The maximum Gasteiger partial charge on any atom is 0.326 e. The lowest BCUT2D eigenvalue weighted by Crippen LogP contribution is -2.59. The molecule has 13 heteroatoms. The molecular formula is C21H42N6O6S. The van der Waals surface area contributed by atoms with Crippen LogP contribution in [0.3, 0.4) is 0 Å². The fraction of sp³-hybridized carbons (Fsp3) is 0.810. The van der Waals surface area contributed by atoms with Gasteiger partial charge in [-0.1, -0.05) is 0 Å². The van der Waals surface area contributed by atoms with Crippen molar-refractivity contribution in [3.05, 3.63) is 0 Å². The Balaban J connectivity index is 5.32. The lowest BCUT2D eigenvalue weighted by atomic mass is 10.0. The maximum absolute atomic E-state index is 12.9. The molecule has 0 aromatic rings. The van der Waals surface area contributed by atoms with Gasteiger partial charge in [-0.2, -0.15) is 11.8 Å². The number of hydrogen-bond acceptors (Lipinski definition) is 9. The van der Waals surface area contributed by atoms with Crippen LogP contribution in [0.1, 0.15) is 51.9 Å². The molecule has 0 rings (SSSR count). The summed E-state index contributed by atoms with van der Waals surface area (Å²) in [7, 11) is 0. The number of aliphatic carboxylic acids is 1. The smallest absolute Gasteiger partial charge is 0.326 e. The van der Waals surface area contributed by atoms with E-state index in [0.29, 0.717) is 50.9 Å². The highest BCUT2D eigenvalue weighted by atomic mass is 32.2. The summed E-state index contributed by atoms with van der Waals surface area (Å²) >= 11 is 1.54. The Morgan fingerprint density at radius 2 is 1.35 bits per heavy atom. The molecule has 0 saturated carbocycles. The molecule has 0 aromatic heterocycles. The Morgan fingerprint density at radius 1 is 0.824 bits per heavy atom. The fourth-order valence-corrected chi connectivity index (χ4v) is 3.58. The Bertz CT molecular complexity index is 639. The highest BCUT2D eigenvalue weighted by Crippen LogP contribution is 2.07. The van der Waals surface area contributed by atoms with Gasteiger partial charge in [0.1, 0.15) is 18.1 Å². The van der Waals surface area contributed by atoms with Crippen molar-refractivity contribution in [2.24, 2.45) is 17.2 Å². The number of unbranched alkanes of at least 4 members (excludes halogenated alkanes) is 2. The first-order valence-corrected chi connectivity index (χ1v) is 12.9. The van der Waals surface area contributed by atoms with Crippen LogP contribution in [0.25, 0.3) is 0 Å². The van der Waals surface area contributed by atoms with E-state index in [0.717, 1.165) is 0 Å². The van der Waals surface area contributed by atoms with Crippen molar-refractivity contribution in [2.75, 3.05) is 25.1 Å². The molecule has 0 fully saturated rings. The van der Waals surface area contributed by atoms with E-state index in [9.17, 15) is 29.4 Å². The van der Waals surface area contributed by atoms with Crippen LogP contribution in [0.15, 0.2) is 0 Å². The second kappa shape index (κ2) is 18.4. The molecule has 0 heterocycles. The second-order valence-electron chi connectivity index (χ2n) is 8.14. The van der Waals surface area contributed by atoms with Crippen LogP contribution in [-0.4, -0.2) is 89.3 Å². The summed E-state index contributed by atoms with van der Waals surface area (Å²) in [4.78, 5) is 49.6. The van der Waals surface area contributed by atoms with E-state index in [-0.39, 0.29) is 12.8 Å². The first-order chi connectivity index (χ1) is 16.1. The van der Waals surface area contributed by atoms with Crippen LogP contribution >= 0.6 is 11.8 Å². The van der Waals surface area contributed by atoms with Crippen molar-refractivity contribution in [1.29, 1.82) is 0 Å². The monoisotopic (exact) mass is 506 g/mol. The Labute approximate surface area is 205 Å². The van der Waals surface area contributed by atoms with Gasteiger partial charge in [-0.05, 0) is 77.0 Å². The molecule has 0 aromatic carbocycles. The van der Waals surface area contributed by atoms with E-state index in [1.54, 1.807) is 11.8 Å². The van der Waals surface area contributed by atoms with Gasteiger partial charge in [0, 0.05) is 0 Å². The number of carboxylic acids is 1. The number of carboxylic acid groups (broad SMARTS) is 1. The summed E-state index contributed by atoms with van der Waals surface area (Å²) < 4.78 is 0. The van der Waals surface area contributed by atoms with Gasteiger partial charge < -0.3 is 43.4 Å². The molecule has 0 spiro atoms. The van der Waals surface area contributed by atoms with Gasteiger partial charge in [-0.15, -0.1) is 0 Å². The quantitative estimate of drug-likeness (QED) is 0.0921. The number of hydrogen-bond donors (Lipinski definition) is 8. The standard InChI is InChI=1S/C21H42N6O6S/c1-13(28)17(20(31)26-16(21(32)33)8-4-6-11-23)27-19(30)15(7-3-5-10-22)25-18(29)14(24)9-12-34-2/h13-17,28H,3-12,22-24H2,1-2H3,(H,25,29)(H,26,31)(H,27,30)(H,32,33). The third-order valence-electron chi connectivity index (χ3n) is 5.17. The summed E-state index contributed by atoms with van der Waals surface area (Å²) in [6.07, 6.45) is 3.69. The zero-order chi connectivity index (χ0) is 26.1. The third-order valence-corrected chi connectivity index (χ3v) is 5.82. The van der Waals surface area contributed by atoms with Crippen LogP contribution in [0.4, 0.5) is 0 Å². The number of carbonyl (C=O) groups excluding carboxylic acids is 3. The molecule has 0 radical (unpaired) electrons. The Morgan fingerprint density at radius 3 is 1.82 bits per heavy atom. The third kappa shape index (κ3) is 13.1. The molecule has 0 aliphatic heterocycles. The molecule has 198 valence electrons. The summed E-state index contributed by atoms with van der Waals surface area (Å²) in [6.45, 7) is 2.11. The van der Waals surface area contributed by atoms with Crippen LogP contribution in [-0.2, 0) is 19.2 Å². The van der Waals surface area contributed by atoms with E-state index in [4.69, 9.17) is 17.2 Å². The maximum atomic E-state index is 12.9. The van der Waals surface area contributed by atoms with E-state index >= 15 is 0 Å². The van der Waals surface area contributed by atoms with Gasteiger partial charge in [-0.25, -0.2) is 4.79 Å². The number of nitrogens with one attached hydrogen (secondary N) is 3. The SMILES string of the molecule is CSCCC(N)C(=O)NC(CCCCN)C(=O)NC(C(=O)NC(CCCCN)C(=O)O)C(C)O. The average molecular weight is 507 g/mol. The minimum Gasteiger partial charge on any atom is -0.480 e. The van der Waals surface area contributed by atoms with Crippen molar-refractivity contribution >= 4 is 35.5 Å². The molecule has 0 aliphatic rings. The molecular weight excluding hydrogens is 464 g/mol. The highest BCUT2D eigenvalue weighted by Gasteiger charge is 2.32. The number of amides is 3. The molecule has 12 nitrogen and oxygen atoms in total. The van der Waals surface area contributed by atoms with Crippen LogP contribution in [0.2, 0.25) is 0 Å². The molecule has 34 heavy (non-hydrogen) atoms. The summed E-state index contributed by atoms with van der Waals surface area (Å²) in [5.41, 5.74) is 16.8. The molecule has 3 amide bonds. The van der Waals surface area contributed by atoms with E-state index in [2.05, 4.69) is 16.0 Å². The van der Waals surface area contributed by atoms with E-state index < -0.39 is 54.0 Å². The van der Waals surface area contributed by atoms with Gasteiger partial charge >= 0.3 is 5.97 Å². The number of aliphatic hydroxyl groups is 1. The van der Waals surface area contributed by atoms with Crippen molar-refractivity contribution in [2.45, 2.75) is 82.1 Å². The largest absolute Gasteiger partial charge is 0.480 e.